The van der Waals surface area contributed by atoms with Gasteiger partial charge in [-0.2, -0.15) is 0 Å². The predicted molar refractivity (Wildman–Crippen MR) is 64.1 cm³/mol. The number of hydrogen-bond acceptors (Lipinski definition) is 4. The molecule has 0 atom stereocenters. The highest BCUT2D eigenvalue weighted by Crippen LogP contribution is 2.14. The number of aromatic hydroxyl groups is 1. The summed E-state index contributed by atoms with van der Waals surface area (Å²) in [5, 5.41) is 12.0. The van der Waals surface area contributed by atoms with Crippen molar-refractivity contribution in [2.45, 2.75) is 13.5 Å². The Hall–Kier alpha value is -1.14. The Bertz CT molecular complexity index is 453. The second-order valence-corrected chi connectivity index (χ2v) is 6.20. The van der Waals surface area contributed by atoms with Crippen molar-refractivity contribution in [3.63, 3.8) is 0 Å². The van der Waals surface area contributed by atoms with Crippen molar-refractivity contribution < 1.29 is 17.9 Å². The van der Waals surface area contributed by atoms with Gasteiger partial charge in [0.25, 0.3) is 0 Å². The van der Waals surface area contributed by atoms with Gasteiger partial charge in [0.2, 0.25) is 0 Å². The third kappa shape index (κ3) is 5.14. The van der Waals surface area contributed by atoms with Gasteiger partial charge in [0.1, 0.15) is 11.6 Å². The molecule has 0 bridgehead atoms. The van der Waals surface area contributed by atoms with Crippen LogP contribution < -0.4 is 5.32 Å². The molecule has 0 radical (unpaired) electrons. The molecule has 0 aliphatic heterocycles. The molecule has 1 aromatic carbocycles. The van der Waals surface area contributed by atoms with Crippen LogP contribution in [0.1, 0.15) is 12.5 Å². The molecule has 0 aliphatic carbocycles. The molecule has 0 aromatic heterocycles. The van der Waals surface area contributed by atoms with Crippen LogP contribution in [0.2, 0.25) is 0 Å². The average molecular weight is 261 g/mol. The first kappa shape index (κ1) is 13.9. The topological polar surface area (TPSA) is 66.4 Å². The van der Waals surface area contributed by atoms with E-state index >= 15 is 0 Å². The van der Waals surface area contributed by atoms with E-state index in [2.05, 4.69) is 5.32 Å². The molecular weight excluding hydrogens is 245 g/mol. The van der Waals surface area contributed by atoms with Crippen LogP contribution in [0, 0.1) is 5.82 Å². The molecule has 2 N–H and O–H groups in total. The van der Waals surface area contributed by atoms with E-state index in [-0.39, 0.29) is 17.3 Å². The molecule has 1 rings (SSSR count). The Balaban J connectivity index is 2.41. The number of halogens is 1. The van der Waals surface area contributed by atoms with E-state index in [0.717, 1.165) is 6.07 Å². The highest BCUT2D eigenvalue weighted by molar-refractivity contribution is 7.91. The quantitative estimate of drug-likeness (QED) is 0.751. The van der Waals surface area contributed by atoms with Gasteiger partial charge in [-0.15, -0.1) is 0 Å². The molecule has 4 nitrogen and oxygen atoms in total. The van der Waals surface area contributed by atoms with Crippen LogP contribution in [-0.2, 0) is 16.4 Å². The van der Waals surface area contributed by atoms with Crippen LogP contribution >= 0.6 is 0 Å². The van der Waals surface area contributed by atoms with E-state index < -0.39 is 15.7 Å². The summed E-state index contributed by atoms with van der Waals surface area (Å²) in [6.07, 6.45) is 0. The predicted octanol–water partition coefficient (Wildman–Crippen LogP) is 1.06. The molecule has 17 heavy (non-hydrogen) atoms. The normalized spacial score (nSPS) is 11.6. The Morgan fingerprint density at radius 1 is 1.35 bits per heavy atom. The van der Waals surface area contributed by atoms with Crippen LogP contribution in [0.4, 0.5) is 4.39 Å². The van der Waals surface area contributed by atoms with E-state index in [1.54, 1.807) is 6.92 Å². The van der Waals surface area contributed by atoms with Gasteiger partial charge in [-0.3, -0.25) is 0 Å². The number of nitrogens with one attached hydrogen (secondary N) is 1. The number of phenols is 1. The molecule has 1 aromatic rings. The zero-order chi connectivity index (χ0) is 12.9. The van der Waals surface area contributed by atoms with Crippen molar-refractivity contribution in [3.8, 4) is 5.75 Å². The molecule has 96 valence electrons. The maximum Gasteiger partial charge on any atom is 0.151 e. The summed E-state index contributed by atoms with van der Waals surface area (Å²) >= 11 is 0. The fourth-order valence-electron chi connectivity index (χ4n) is 1.34. The summed E-state index contributed by atoms with van der Waals surface area (Å²) in [7, 11) is -2.98. The molecule has 0 amide bonds. The average Bonchev–Trinajstić information content (AvgIpc) is 2.23. The lowest BCUT2D eigenvalue weighted by Crippen LogP contribution is -2.23. The van der Waals surface area contributed by atoms with Crippen LogP contribution in [0.3, 0.4) is 0 Å². The van der Waals surface area contributed by atoms with Gasteiger partial charge in [-0.1, -0.05) is 6.92 Å². The zero-order valence-electron chi connectivity index (χ0n) is 9.61. The molecule has 0 saturated heterocycles. The largest absolute Gasteiger partial charge is 0.508 e. The summed E-state index contributed by atoms with van der Waals surface area (Å²) in [4.78, 5) is 0. The summed E-state index contributed by atoms with van der Waals surface area (Å²) in [6, 6.07) is 3.75. The lowest BCUT2D eigenvalue weighted by Gasteiger charge is -2.05. The molecule has 0 spiro atoms. The first-order chi connectivity index (χ1) is 7.93. The smallest absolute Gasteiger partial charge is 0.151 e. The molecule has 0 heterocycles. The highest BCUT2D eigenvalue weighted by Gasteiger charge is 2.06. The molecule has 6 heteroatoms. The van der Waals surface area contributed by atoms with E-state index in [4.69, 9.17) is 5.11 Å². The molecule has 0 unspecified atom stereocenters. The van der Waals surface area contributed by atoms with E-state index in [9.17, 15) is 12.8 Å². The van der Waals surface area contributed by atoms with Gasteiger partial charge in [0, 0.05) is 24.9 Å². The van der Waals surface area contributed by atoms with E-state index in [0.29, 0.717) is 18.7 Å². The van der Waals surface area contributed by atoms with Gasteiger partial charge < -0.3 is 10.4 Å². The van der Waals surface area contributed by atoms with Gasteiger partial charge in [-0.25, -0.2) is 12.8 Å². The van der Waals surface area contributed by atoms with Gasteiger partial charge in [-0.05, 0) is 17.7 Å². The Kier molecular flexibility index (Phi) is 4.89. The molecule has 0 aliphatic rings. The maximum absolute atomic E-state index is 12.9. The Morgan fingerprint density at radius 3 is 2.65 bits per heavy atom. The summed E-state index contributed by atoms with van der Waals surface area (Å²) in [5.74, 6) is -0.466. The lowest BCUT2D eigenvalue weighted by atomic mass is 10.2. The minimum atomic E-state index is -2.98. The second kappa shape index (κ2) is 5.97. The fourth-order valence-corrected chi connectivity index (χ4v) is 2.08. The second-order valence-electron chi connectivity index (χ2n) is 3.73. The molecule has 0 fully saturated rings. The number of benzene rings is 1. The van der Waals surface area contributed by atoms with E-state index in [1.165, 1.54) is 12.1 Å². The van der Waals surface area contributed by atoms with Crippen LogP contribution in [0.15, 0.2) is 18.2 Å². The SMILES string of the molecule is CCS(=O)(=O)CCNCc1cc(O)cc(F)c1. The van der Waals surface area contributed by atoms with Crippen molar-refractivity contribution >= 4 is 9.84 Å². The Labute approximate surface area is 100 Å². The van der Waals surface area contributed by atoms with Crippen LogP contribution in [0.25, 0.3) is 0 Å². The summed E-state index contributed by atoms with van der Waals surface area (Å²) in [5.41, 5.74) is 0.580. The first-order valence-corrected chi connectivity index (χ1v) is 7.14. The number of sulfone groups is 1. The van der Waals surface area contributed by atoms with Crippen molar-refractivity contribution in [2.24, 2.45) is 0 Å². The van der Waals surface area contributed by atoms with Crippen molar-refractivity contribution in [3.05, 3.63) is 29.6 Å². The minimum absolute atomic E-state index is 0.0603. The number of phenolic OH excluding ortho intramolecular Hbond substituents is 1. The Morgan fingerprint density at radius 2 is 2.06 bits per heavy atom. The van der Waals surface area contributed by atoms with Crippen LogP contribution in [0.5, 0.6) is 5.75 Å². The monoisotopic (exact) mass is 261 g/mol. The third-order valence-corrected chi connectivity index (χ3v) is 4.01. The fraction of sp³-hybridized carbons (Fsp3) is 0.455. The van der Waals surface area contributed by atoms with Crippen LogP contribution in [-0.4, -0.2) is 31.6 Å². The van der Waals surface area contributed by atoms with Crippen molar-refractivity contribution in [1.82, 2.24) is 5.32 Å². The summed E-state index contributed by atoms with van der Waals surface area (Å²) < 4.78 is 35.3. The standard InChI is InChI=1S/C11H16FNO3S/c1-2-17(15,16)4-3-13-8-9-5-10(12)7-11(14)6-9/h5-7,13-14H,2-4,8H2,1H3. The molecule has 0 saturated carbocycles. The third-order valence-electron chi connectivity index (χ3n) is 2.30. The lowest BCUT2D eigenvalue weighted by molar-refractivity contribution is 0.467. The minimum Gasteiger partial charge on any atom is -0.508 e. The van der Waals surface area contributed by atoms with Gasteiger partial charge >= 0.3 is 0 Å². The van der Waals surface area contributed by atoms with Crippen molar-refractivity contribution in [2.75, 3.05) is 18.1 Å². The van der Waals surface area contributed by atoms with E-state index in [1.807, 2.05) is 0 Å². The highest BCUT2D eigenvalue weighted by atomic mass is 32.2. The number of rotatable bonds is 6. The zero-order valence-corrected chi connectivity index (χ0v) is 10.4. The van der Waals surface area contributed by atoms with Gasteiger partial charge in [0.05, 0.1) is 5.75 Å². The summed E-state index contributed by atoms with van der Waals surface area (Å²) in [6.45, 7) is 2.23. The first-order valence-electron chi connectivity index (χ1n) is 5.32. The maximum atomic E-state index is 12.9. The molecular formula is C11H16FNO3S. The number of hydrogen-bond donors (Lipinski definition) is 2. The van der Waals surface area contributed by atoms with Gasteiger partial charge in [0.15, 0.2) is 9.84 Å². The van der Waals surface area contributed by atoms with Crippen molar-refractivity contribution in [1.29, 1.82) is 0 Å².